The van der Waals surface area contributed by atoms with Crippen LogP contribution in [-0.4, -0.2) is 5.78 Å². The van der Waals surface area contributed by atoms with E-state index in [1.807, 2.05) is 31.2 Å². The molecule has 76 valence electrons. The summed E-state index contributed by atoms with van der Waals surface area (Å²) >= 11 is 5.99. The molecule has 2 heteroatoms. The van der Waals surface area contributed by atoms with Gasteiger partial charge >= 0.3 is 0 Å². The van der Waals surface area contributed by atoms with Gasteiger partial charge in [0, 0.05) is 17.9 Å². The summed E-state index contributed by atoms with van der Waals surface area (Å²) in [5.74, 6) is 0.331. The average molecular weight is 211 g/mol. The molecule has 0 saturated heterocycles. The Labute approximate surface area is 90.1 Å². The van der Waals surface area contributed by atoms with Gasteiger partial charge in [-0.25, -0.2) is 0 Å². The summed E-state index contributed by atoms with van der Waals surface area (Å²) < 4.78 is 0. The predicted octanol–water partition coefficient (Wildman–Crippen LogP) is 3.64. The third kappa shape index (κ3) is 3.51. The van der Waals surface area contributed by atoms with Gasteiger partial charge in [-0.1, -0.05) is 36.7 Å². The van der Waals surface area contributed by atoms with Gasteiger partial charge in [0.25, 0.3) is 0 Å². The van der Waals surface area contributed by atoms with Gasteiger partial charge in [0.2, 0.25) is 0 Å². The van der Waals surface area contributed by atoms with Crippen LogP contribution in [0.5, 0.6) is 0 Å². The van der Waals surface area contributed by atoms with E-state index in [1.165, 1.54) is 0 Å². The summed E-state index contributed by atoms with van der Waals surface area (Å²) in [4.78, 5) is 11.1. The summed E-state index contributed by atoms with van der Waals surface area (Å²) in [5, 5.41) is 0.802. The highest BCUT2D eigenvalue weighted by Crippen LogP contribution is 2.17. The molecule has 0 aliphatic carbocycles. The Balaban J connectivity index is 2.39. The number of rotatable bonds is 5. The molecule has 1 nitrogen and oxygen atoms in total. The van der Waals surface area contributed by atoms with Crippen LogP contribution in [0.15, 0.2) is 24.3 Å². The summed E-state index contributed by atoms with van der Waals surface area (Å²) in [7, 11) is 0. The molecule has 0 radical (unpaired) electrons. The molecule has 0 atom stereocenters. The van der Waals surface area contributed by atoms with Crippen LogP contribution in [0.2, 0.25) is 5.02 Å². The molecule has 0 amide bonds. The Hall–Kier alpha value is -0.820. The number of ketones is 1. The fraction of sp³-hybridized carbons (Fsp3) is 0.417. The van der Waals surface area contributed by atoms with E-state index in [4.69, 9.17) is 11.6 Å². The minimum absolute atomic E-state index is 0.331. The Kier molecular flexibility index (Phi) is 4.68. The number of carbonyl (C=O) groups is 1. The van der Waals surface area contributed by atoms with Crippen molar-refractivity contribution in [1.29, 1.82) is 0 Å². The van der Waals surface area contributed by atoms with E-state index in [0.717, 1.165) is 23.4 Å². The van der Waals surface area contributed by atoms with Crippen LogP contribution in [0.1, 0.15) is 31.7 Å². The highest BCUT2D eigenvalue weighted by Gasteiger charge is 2.01. The Morgan fingerprint density at radius 1 is 1.36 bits per heavy atom. The van der Waals surface area contributed by atoms with Crippen LogP contribution >= 0.6 is 11.6 Å². The van der Waals surface area contributed by atoms with Crippen LogP contribution in [0.4, 0.5) is 0 Å². The van der Waals surface area contributed by atoms with E-state index in [-0.39, 0.29) is 0 Å². The molecule has 14 heavy (non-hydrogen) atoms. The van der Waals surface area contributed by atoms with Crippen molar-refractivity contribution in [3.05, 3.63) is 34.9 Å². The minimum atomic E-state index is 0.331. The molecule has 0 unspecified atom stereocenters. The number of Topliss-reactive ketones (excluding diaryl/α,β-unsaturated/α-hetero) is 1. The third-order valence-electron chi connectivity index (χ3n) is 2.25. The first-order chi connectivity index (χ1) is 6.74. The van der Waals surface area contributed by atoms with Crippen LogP contribution in [0.25, 0.3) is 0 Å². The molecule has 0 bridgehead atoms. The summed E-state index contributed by atoms with van der Waals surface area (Å²) in [6.07, 6.45) is 3.10. The van der Waals surface area contributed by atoms with Crippen molar-refractivity contribution in [2.24, 2.45) is 0 Å². The smallest absolute Gasteiger partial charge is 0.132 e. The SMILES string of the molecule is CCC(=O)CCCc1ccccc1Cl. The lowest BCUT2D eigenvalue weighted by atomic mass is 10.1. The lowest BCUT2D eigenvalue weighted by Gasteiger charge is -2.02. The normalized spacial score (nSPS) is 10.1. The summed E-state index contributed by atoms with van der Waals surface area (Å²) in [6.45, 7) is 1.90. The number of benzene rings is 1. The van der Waals surface area contributed by atoms with E-state index < -0.39 is 0 Å². The molecule has 0 aliphatic heterocycles. The molecule has 1 aromatic carbocycles. The van der Waals surface area contributed by atoms with Crippen molar-refractivity contribution < 1.29 is 4.79 Å². The Morgan fingerprint density at radius 3 is 2.71 bits per heavy atom. The van der Waals surface area contributed by atoms with E-state index in [1.54, 1.807) is 0 Å². The second-order valence-electron chi connectivity index (χ2n) is 3.34. The van der Waals surface area contributed by atoms with Crippen molar-refractivity contribution in [2.75, 3.05) is 0 Å². The maximum Gasteiger partial charge on any atom is 0.132 e. The first kappa shape index (κ1) is 11.3. The third-order valence-corrected chi connectivity index (χ3v) is 2.62. The molecule has 0 spiro atoms. The number of aryl methyl sites for hydroxylation is 1. The number of hydrogen-bond acceptors (Lipinski definition) is 1. The fourth-order valence-corrected chi connectivity index (χ4v) is 1.58. The second-order valence-corrected chi connectivity index (χ2v) is 3.74. The fourth-order valence-electron chi connectivity index (χ4n) is 1.35. The quantitative estimate of drug-likeness (QED) is 0.725. The van der Waals surface area contributed by atoms with Crippen molar-refractivity contribution in [2.45, 2.75) is 32.6 Å². The predicted molar refractivity (Wildman–Crippen MR) is 59.7 cm³/mol. The standard InChI is InChI=1S/C12H15ClO/c1-2-11(14)8-5-7-10-6-3-4-9-12(10)13/h3-4,6,9H,2,5,7-8H2,1H3. The Bertz CT molecular complexity index is 307. The lowest BCUT2D eigenvalue weighted by Crippen LogP contribution is -1.96. The molecule has 0 fully saturated rings. The molecule has 0 aromatic heterocycles. The minimum Gasteiger partial charge on any atom is -0.300 e. The summed E-state index contributed by atoms with van der Waals surface area (Å²) in [5.41, 5.74) is 1.14. The van der Waals surface area contributed by atoms with Crippen LogP contribution in [-0.2, 0) is 11.2 Å². The van der Waals surface area contributed by atoms with Crippen molar-refractivity contribution in [1.82, 2.24) is 0 Å². The van der Waals surface area contributed by atoms with Gasteiger partial charge in [-0.3, -0.25) is 4.79 Å². The molecule has 0 saturated carbocycles. The molecule has 1 rings (SSSR count). The van der Waals surface area contributed by atoms with Gasteiger partial charge in [0.05, 0.1) is 0 Å². The highest BCUT2D eigenvalue weighted by molar-refractivity contribution is 6.31. The van der Waals surface area contributed by atoms with E-state index in [0.29, 0.717) is 18.6 Å². The molecular formula is C12H15ClO. The average Bonchev–Trinajstić information content (AvgIpc) is 2.20. The first-order valence-corrected chi connectivity index (χ1v) is 5.37. The van der Waals surface area contributed by atoms with E-state index in [9.17, 15) is 4.79 Å². The van der Waals surface area contributed by atoms with Crippen molar-refractivity contribution >= 4 is 17.4 Å². The number of halogens is 1. The molecule has 0 aliphatic rings. The molecule has 0 heterocycles. The zero-order chi connectivity index (χ0) is 10.4. The topological polar surface area (TPSA) is 17.1 Å². The van der Waals surface area contributed by atoms with Gasteiger partial charge in [-0.2, -0.15) is 0 Å². The molecular weight excluding hydrogens is 196 g/mol. The zero-order valence-electron chi connectivity index (χ0n) is 8.42. The van der Waals surface area contributed by atoms with E-state index >= 15 is 0 Å². The van der Waals surface area contributed by atoms with Gasteiger partial charge < -0.3 is 0 Å². The Morgan fingerprint density at radius 2 is 2.07 bits per heavy atom. The van der Waals surface area contributed by atoms with Crippen LogP contribution in [0, 0.1) is 0 Å². The number of hydrogen-bond donors (Lipinski definition) is 0. The van der Waals surface area contributed by atoms with E-state index in [2.05, 4.69) is 0 Å². The lowest BCUT2D eigenvalue weighted by molar-refractivity contribution is -0.118. The zero-order valence-corrected chi connectivity index (χ0v) is 9.18. The highest BCUT2D eigenvalue weighted by atomic mass is 35.5. The maximum atomic E-state index is 11.1. The van der Waals surface area contributed by atoms with Crippen molar-refractivity contribution in [3.63, 3.8) is 0 Å². The maximum absolute atomic E-state index is 11.1. The van der Waals surface area contributed by atoms with Gasteiger partial charge in [-0.05, 0) is 24.5 Å². The second kappa shape index (κ2) is 5.82. The van der Waals surface area contributed by atoms with Crippen molar-refractivity contribution in [3.8, 4) is 0 Å². The van der Waals surface area contributed by atoms with Gasteiger partial charge in [0.15, 0.2) is 0 Å². The van der Waals surface area contributed by atoms with Crippen LogP contribution in [0.3, 0.4) is 0 Å². The first-order valence-electron chi connectivity index (χ1n) is 4.99. The van der Waals surface area contributed by atoms with Gasteiger partial charge in [-0.15, -0.1) is 0 Å². The number of carbonyl (C=O) groups excluding carboxylic acids is 1. The van der Waals surface area contributed by atoms with Gasteiger partial charge in [0.1, 0.15) is 5.78 Å². The molecule has 1 aromatic rings. The summed E-state index contributed by atoms with van der Waals surface area (Å²) in [6, 6.07) is 7.79. The molecule has 0 N–H and O–H groups in total. The largest absolute Gasteiger partial charge is 0.300 e. The van der Waals surface area contributed by atoms with Crippen LogP contribution < -0.4 is 0 Å². The monoisotopic (exact) mass is 210 g/mol.